The number of hydrogen-bond donors (Lipinski definition) is 0. The molecule has 0 fully saturated rings. The van der Waals surface area contributed by atoms with Gasteiger partial charge < -0.3 is 18.9 Å². The molecule has 162 valence electrons. The molecule has 0 aromatic heterocycles. The molecule has 0 heterocycles. The Hall–Kier alpha value is -3.47. The van der Waals surface area contributed by atoms with E-state index in [-0.39, 0.29) is 5.92 Å². The molecule has 0 aliphatic carbocycles. The predicted molar refractivity (Wildman–Crippen MR) is 121 cm³/mol. The lowest BCUT2D eigenvalue weighted by atomic mass is 10.0. The molecule has 3 rings (SSSR count). The third kappa shape index (κ3) is 5.37. The van der Waals surface area contributed by atoms with Crippen molar-refractivity contribution in [3.05, 3.63) is 82.9 Å². The number of carbonyl (C=O) groups is 1. The Labute approximate surface area is 183 Å². The van der Waals surface area contributed by atoms with Crippen LogP contribution >= 0.6 is 0 Å². The van der Waals surface area contributed by atoms with Gasteiger partial charge in [-0.25, -0.2) is 4.79 Å². The number of methoxy groups -OCH3 is 2. The van der Waals surface area contributed by atoms with Crippen molar-refractivity contribution in [1.29, 1.82) is 0 Å². The molecule has 0 saturated heterocycles. The van der Waals surface area contributed by atoms with Gasteiger partial charge in [-0.1, -0.05) is 56.3 Å². The Morgan fingerprint density at radius 3 is 2.10 bits per heavy atom. The third-order valence-corrected chi connectivity index (χ3v) is 4.92. The number of rotatable bonds is 8. The van der Waals surface area contributed by atoms with Crippen molar-refractivity contribution in [2.24, 2.45) is 0 Å². The van der Waals surface area contributed by atoms with Crippen LogP contribution in [0.3, 0.4) is 0 Å². The second kappa shape index (κ2) is 10.0. The molecule has 0 bridgehead atoms. The zero-order valence-corrected chi connectivity index (χ0v) is 18.6. The summed E-state index contributed by atoms with van der Waals surface area (Å²) < 4.78 is 22.7. The lowest BCUT2D eigenvalue weighted by Crippen LogP contribution is -2.11. The van der Waals surface area contributed by atoms with Crippen molar-refractivity contribution < 1.29 is 23.7 Å². The highest BCUT2D eigenvalue weighted by atomic mass is 16.5. The fourth-order valence-electron chi connectivity index (χ4n) is 3.24. The van der Waals surface area contributed by atoms with Crippen LogP contribution in [-0.4, -0.2) is 20.2 Å². The van der Waals surface area contributed by atoms with E-state index < -0.39 is 5.97 Å². The zero-order valence-electron chi connectivity index (χ0n) is 18.6. The standard InChI is InChI=1S/C26H28O5/c1-17(2)21-12-11-18(3)13-22(21)31-26(27)20-14-23(28-4)25(24(15-20)29-5)30-16-19-9-7-6-8-10-19/h6-15,17H,16H2,1-5H3. The minimum absolute atomic E-state index is 0.223. The molecular formula is C26H28O5. The summed E-state index contributed by atoms with van der Waals surface area (Å²) in [5.74, 6) is 1.53. The second-order valence-electron chi connectivity index (χ2n) is 7.57. The monoisotopic (exact) mass is 420 g/mol. The van der Waals surface area contributed by atoms with Crippen molar-refractivity contribution in [3.63, 3.8) is 0 Å². The van der Waals surface area contributed by atoms with E-state index in [1.54, 1.807) is 12.1 Å². The van der Waals surface area contributed by atoms with Crippen LogP contribution in [0.25, 0.3) is 0 Å². The SMILES string of the molecule is COc1cc(C(=O)Oc2cc(C)ccc2C(C)C)cc(OC)c1OCc1ccccc1. The average Bonchev–Trinajstić information content (AvgIpc) is 2.77. The molecule has 3 aromatic carbocycles. The first-order valence-corrected chi connectivity index (χ1v) is 10.2. The van der Waals surface area contributed by atoms with E-state index >= 15 is 0 Å². The first-order chi connectivity index (χ1) is 14.9. The molecule has 0 N–H and O–H groups in total. The molecule has 31 heavy (non-hydrogen) atoms. The van der Waals surface area contributed by atoms with Crippen LogP contribution in [0, 0.1) is 6.92 Å². The molecule has 0 amide bonds. The van der Waals surface area contributed by atoms with Gasteiger partial charge in [0, 0.05) is 0 Å². The second-order valence-corrected chi connectivity index (χ2v) is 7.57. The van der Waals surface area contributed by atoms with Crippen LogP contribution in [0.5, 0.6) is 23.0 Å². The summed E-state index contributed by atoms with van der Waals surface area (Å²) in [4.78, 5) is 13.0. The molecular weight excluding hydrogens is 392 g/mol. The molecule has 0 radical (unpaired) electrons. The van der Waals surface area contributed by atoms with E-state index in [2.05, 4.69) is 13.8 Å². The summed E-state index contributed by atoms with van der Waals surface area (Å²) in [6, 6.07) is 18.9. The maximum atomic E-state index is 13.0. The van der Waals surface area contributed by atoms with Crippen molar-refractivity contribution in [1.82, 2.24) is 0 Å². The van der Waals surface area contributed by atoms with Gasteiger partial charge in [-0.15, -0.1) is 0 Å². The van der Waals surface area contributed by atoms with Crippen LogP contribution in [0.1, 0.15) is 46.8 Å². The van der Waals surface area contributed by atoms with E-state index in [1.807, 2.05) is 55.5 Å². The minimum atomic E-state index is -0.487. The topological polar surface area (TPSA) is 54.0 Å². The Morgan fingerprint density at radius 1 is 0.871 bits per heavy atom. The molecule has 0 aliphatic heterocycles. The lowest BCUT2D eigenvalue weighted by molar-refractivity contribution is 0.0731. The number of benzene rings is 3. The number of ether oxygens (including phenoxy) is 4. The highest BCUT2D eigenvalue weighted by molar-refractivity contribution is 5.93. The highest BCUT2D eigenvalue weighted by Gasteiger charge is 2.20. The summed E-state index contributed by atoms with van der Waals surface area (Å²) in [7, 11) is 3.05. The lowest BCUT2D eigenvalue weighted by Gasteiger charge is -2.17. The van der Waals surface area contributed by atoms with Gasteiger partial charge in [0.25, 0.3) is 0 Å². The number of hydrogen-bond acceptors (Lipinski definition) is 5. The Kier molecular flexibility index (Phi) is 7.19. The van der Waals surface area contributed by atoms with Crippen molar-refractivity contribution in [3.8, 4) is 23.0 Å². The van der Waals surface area contributed by atoms with Gasteiger partial charge in [-0.2, -0.15) is 0 Å². The maximum Gasteiger partial charge on any atom is 0.343 e. The van der Waals surface area contributed by atoms with Crippen molar-refractivity contribution >= 4 is 5.97 Å². The Balaban J connectivity index is 1.88. The maximum absolute atomic E-state index is 13.0. The molecule has 0 spiro atoms. The summed E-state index contributed by atoms with van der Waals surface area (Å²) in [6.45, 7) is 6.44. The average molecular weight is 421 g/mol. The third-order valence-electron chi connectivity index (χ3n) is 4.92. The smallest absolute Gasteiger partial charge is 0.343 e. The summed E-state index contributed by atoms with van der Waals surface area (Å²) in [6.07, 6.45) is 0. The van der Waals surface area contributed by atoms with Gasteiger partial charge in [0.15, 0.2) is 11.5 Å². The highest BCUT2D eigenvalue weighted by Crippen LogP contribution is 2.39. The molecule has 5 nitrogen and oxygen atoms in total. The van der Waals surface area contributed by atoms with Gasteiger partial charge in [0.2, 0.25) is 5.75 Å². The number of carbonyl (C=O) groups excluding carboxylic acids is 1. The minimum Gasteiger partial charge on any atom is -0.493 e. The van der Waals surface area contributed by atoms with E-state index in [1.165, 1.54) is 14.2 Å². The van der Waals surface area contributed by atoms with E-state index in [0.29, 0.717) is 35.2 Å². The normalized spacial score (nSPS) is 10.6. The summed E-state index contributed by atoms with van der Waals surface area (Å²) in [5.41, 5.74) is 3.32. The first kappa shape index (κ1) is 22.2. The van der Waals surface area contributed by atoms with Gasteiger partial charge in [-0.3, -0.25) is 0 Å². The molecule has 0 aliphatic rings. The Bertz CT molecular complexity index is 1020. The molecule has 0 unspecified atom stereocenters. The summed E-state index contributed by atoms with van der Waals surface area (Å²) >= 11 is 0. The van der Waals surface area contributed by atoms with Crippen molar-refractivity contribution in [2.45, 2.75) is 33.3 Å². The predicted octanol–water partition coefficient (Wildman–Crippen LogP) is 5.93. The van der Waals surface area contributed by atoms with Crippen LogP contribution < -0.4 is 18.9 Å². The van der Waals surface area contributed by atoms with Gasteiger partial charge >= 0.3 is 5.97 Å². The molecule has 3 aromatic rings. The number of aryl methyl sites for hydroxylation is 1. The fraction of sp³-hybridized carbons (Fsp3) is 0.269. The zero-order chi connectivity index (χ0) is 22.4. The van der Waals surface area contributed by atoms with Crippen LogP contribution in [0.2, 0.25) is 0 Å². The van der Waals surface area contributed by atoms with E-state index in [9.17, 15) is 4.79 Å². The Morgan fingerprint density at radius 2 is 1.52 bits per heavy atom. The fourth-order valence-corrected chi connectivity index (χ4v) is 3.24. The quantitative estimate of drug-likeness (QED) is 0.334. The molecule has 0 saturated carbocycles. The van der Waals surface area contributed by atoms with Gasteiger partial charge in [0.05, 0.1) is 19.8 Å². The molecule has 5 heteroatoms. The van der Waals surface area contributed by atoms with Crippen LogP contribution in [-0.2, 0) is 6.61 Å². The van der Waals surface area contributed by atoms with Crippen molar-refractivity contribution in [2.75, 3.05) is 14.2 Å². The van der Waals surface area contributed by atoms with E-state index in [4.69, 9.17) is 18.9 Å². The summed E-state index contributed by atoms with van der Waals surface area (Å²) in [5, 5.41) is 0. The molecule has 0 atom stereocenters. The largest absolute Gasteiger partial charge is 0.493 e. The van der Waals surface area contributed by atoms with Gasteiger partial charge in [-0.05, 0) is 47.7 Å². The van der Waals surface area contributed by atoms with Crippen LogP contribution in [0.4, 0.5) is 0 Å². The van der Waals surface area contributed by atoms with E-state index in [0.717, 1.165) is 16.7 Å². The number of esters is 1. The van der Waals surface area contributed by atoms with Gasteiger partial charge in [0.1, 0.15) is 12.4 Å². The first-order valence-electron chi connectivity index (χ1n) is 10.2. The van der Waals surface area contributed by atoms with Crippen LogP contribution in [0.15, 0.2) is 60.7 Å².